The van der Waals surface area contributed by atoms with Crippen LogP contribution in [0.5, 0.6) is 0 Å². The predicted octanol–water partition coefficient (Wildman–Crippen LogP) is 2.68. The van der Waals surface area contributed by atoms with Gasteiger partial charge in [0.1, 0.15) is 0 Å². The van der Waals surface area contributed by atoms with E-state index in [1.165, 1.54) is 32.1 Å². The lowest BCUT2D eigenvalue weighted by Crippen LogP contribution is -2.21. The number of nitrogens with zero attached hydrogens (tertiary/aromatic N) is 2. The molecule has 0 aromatic carbocycles. The van der Waals surface area contributed by atoms with Crippen molar-refractivity contribution in [3.05, 3.63) is 11.7 Å². The molecular formula is C13H23N3O. The maximum atomic E-state index is 4.92. The first kappa shape index (κ1) is 12.6. The molecule has 0 spiro atoms. The van der Waals surface area contributed by atoms with E-state index in [1.807, 2.05) is 6.92 Å². The quantitative estimate of drug-likeness (QED) is 0.800. The molecule has 0 saturated heterocycles. The predicted molar refractivity (Wildman–Crippen MR) is 66.5 cm³/mol. The molecule has 4 nitrogen and oxygen atoms in total. The molecule has 1 aromatic rings. The molecule has 0 atom stereocenters. The van der Waals surface area contributed by atoms with Crippen LogP contribution in [0, 0.1) is 18.8 Å². The van der Waals surface area contributed by atoms with Crippen molar-refractivity contribution in [3.63, 3.8) is 0 Å². The first-order valence-electron chi connectivity index (χ1n) is 6.74. The van der Waals surface area contributed by atoms with Gasteiger partial charge in [0.2, 0.25) is 5.89 Å². The van der Waals surface area contributed by atoms with Crippen LogP contribution in [0.25, 0.3) is 0 Å². The summed E-state index contributed by atoms with van der Waals surface area (Å²) in [5.74, 6) is 3.27. The van der Waals surface area contributed by atoms with Crippen molar-refractivity contribution < 1.29 is 4.52 Å². The second-order valence-corrected chi connectivity index (χ2v) is 5.32. The third kappa shape index (κ3) is 4.11. The van der Waals surface area contributed by atoms with Gasteiger partial charge in [-0.25, -0.2) is 0 Å². The molecule has 0 amide bonds. The maximum Gasteiger partial charge on any atom is 0.223 e. The normalized spacial score (nSPS) is 25.1. The van der Waals surface area contributed by atoms with Crippen LogP contribution in [-0.2, 0) is 6.54 Å². The molecule has 4 heteroatoms. The summed E-state index contributed by atoms with van der Waals surface area (Å²) in [5.41, 5.74) is 0. The Kier molecular flexibility index (Phi) is 4.54. The van der Waals surface area contributed by atoms with Crippen LogP contribution in [0.4, 0.5) is 0 Å². The lowest BCUT2D eigenvalue weighted by atomic mass is 9.81. The van der Waals surface area contributed by atoms with Crippen LogP contribution in [0.2, 0.25) is 0 Å². The number of nitrogens with one attached hydrogen (secondary N) is 1. The molecule has 1 heterocycles. The number of hydrogen-bond acceptors (Lipinski definition) is 4. The summed E-state index contributed by atoms with van der Waals surface area (Å²) < 4.78 is 4.92. The average molecular weight is 237 g/mol. The number of aryl methyl sites for hydroxylation is 1. The molecule has 1 fully saturated rings. The van der Waals surface area contributed by atoms with Crippen LogP contribution < -0.4 is 5.32 Å². The first-order chi connectivity index (χ1) is 8.24. The zero-order chi connectivity index (χ0) is 12.1. The first-order valence-corrected chi connectivity index (χ1v) is 6.74. The number of aromatic nitrogens is 2. The summed E-state index contributed by atoms with van der Waals surface area (Å²) in [6, 6.07) is 0. The van der Waals surface area contributed by atoms with Crippen LogP contribution in [0.1, 0.15) is 50.7 Å². The Bertz CT molecular complexity index is 329. The number of rotatable bonds is 5. The minimum atomic E-state index is 0.642. The highest BCUT2D eigenvalue weighted by Crippen LogP contribution is 2.29. The number of hydrogen-bond donors (Lipinski definition) is 1. The molecule has 1 aliphatic rings. The smallest absolute Gasteiger partial charge is 0.223 e. The summed E-state index contributed by atoms with van der Waals surface area (Å²) in [4.78, 5) is 4.16. The Balaban J connectivity index is 1.57. The van der Waals surface area contributed by atoms with Gasteiger partial charge in [-0.15, -0.1) is 0 Å². The van der Waals surface area contributed by atoms with Gasteiger partial charge in [-0.2, -0.15) is 4.98 Å². The second kappa shape index (κ2) is 6.15. The van der Waals surface area contributed by atoms with Crippen LogP contribution in [0.15, 0.2) is 4.52 Å². The van der Waals surface area contributed by atoms with E-state index in [4.69, 9.17) is 4.52 Å². The van der Waals surface area contributed by atoms with Gasteiger partial charge in [-0.05, 0) is 24.8 Å². The van der Waals surface area contributed by atoms with Crippen molar-refractivity contribution >= 4 is 0 Å². The standard InChI is InChI=1S/C13H23N3O/c1-10-3-5-12(6-4-10)7-8-14-9-13-15-11(2)17-16-13/h10,12,14H,3-9H2,1-2H3. The van der Waals surface area contributed by atoms with Crippen molar-refractivity contribution in [1.29, 1.82) is 0 Å². The Morgan fingerprint density at radius 1 is 1.29 bits per heavy atom. The summed E-state index contributed by atoms with van der Waals surface area (Å²) in [5, 5.41) is 7.25. The average Bonchev–Trinajstić information content (AvgIpc) is 2.73. The molecule has 1 aromatic heterocycles. The van der Waals surface area contributed by atoms with Crippen molar-refractivity contribution in [3.8, 4) is 0 Å². The molecule has 0 aliphatic heterocycles. The molecule has 0 bridgehead atoms. The van der Waals surface area contributed by atoms with Gasteiger partial charge in [0.25, 0.3) is 0 Å². The van der Waals surface area contributed by atoms with Crippen molar-refractivity contribution in [1.82, 2.24) is 15.5 Å². The highest BCUT2D eigenvalue weighted by Gasteiger charge is 2.17. The molecule has 1 N–H and O–H groups in total. The Hall–Kier alpha value is -0.900. The Morgan fingerprint density at radius 2 is 2.06 bits per heavy atom. The maximum absolute atomic E-state index is 4.92. The van der Waals surface area contributed by atoms with E-state index in [1.54, 1.807) is 0 Å². The molecule has 0 radical (unpaired) electrons. The zero-order valence-corrected chi connectivity index (χ0v) is 10.9. The van der Waals surface area contributed by atoms with E-state index in [-0.39, 0.29) is 0 Å². The van der Waals surface area contributed by atoms with Crippen molar-refractivity contribution in [2.75, 3.05) is 6.54 Å². The van der Waals surface area contributed by atoms with E-state index < -0.39 is 0 Å². The zero-order valence-electron chi connectivity index (χ0n) is 10.9. The fraction of sp³-hybridized carbons (Fsp3) is 0.846. The third-order valence-electron chi connectivity index (χ3n) is 3.72. The van der Waals surface area contributed by atoms with E-state index in [0.717, 1.165) is 30.7 Å². The molecule has 1 saturated carbocycles. The highest BCUT2D eigenvalue weighted by atomic mass is 16.5. The van der Waals surface area contributed by atoms with E-state index in [9.17, 15) is 0 Å². The molecule has 2 rings (SSSR count). The molecular weight excluding hydrogens is 214 g/mol. The summed E-state index contributed by atoms with van der Waals surface area (Å²) in [7, 11) is 0. The Labute approximate surface area is 103 Å². The van der Waals surface area contributed by atoms with Crippen LogP contribution in [-0.4, -0.2) is 16.7 Å². The van der Waals surface area contributed by atoms with Gasteiger partial charge >= 0.3 is 0 Å². The van der Waals surface area contributed by atoms with E-state index in [0.29, 0.717) is 5.89 Å². The van der Waals surface area contributed by atoms with E-state index >= 15 is 0 Å². The topological polar surface area (TPSA) is 51.0 Å². The van der Waals surface area contributed by atoms with Gasteiger partial charge in [0, 0.05) is 6.92 Å². The Morgan fingerprint density at radius 3 is 2.71 bits per heavy atom. The molecule has 17 heavy (non-hydrogen) atoms. The molecule has 1 aliphatic carbocycles. The largest absolute Gasteiger partial charge is 0.340 e. The lowest BCUT2D eigenvalue weighted by molar-refractivity contribution is 0.275. The molecule has 96 valence electrons. The third-order valence-corrected chi connectivity index (χ3v) is 3.72. The summed E-state index contributed by atoms with van der Waals surface area (Å²) in [6.07, 6.45) is 6.92. The second-order valence-electron chi connectivity index (χ2n) is 5.32. The SMILES string of the molecule is Cc1nc(CNCCC2CCC(C)CC2)no1. The van der Waals surface area contributed by atoms with Crippen molar-refractivity contribution in [2.24, 2.45) is 11.8 Å². The lowest BCUT2D eigenvalue weighted by Gasteiger charge is -2.26. The van der Waals surface area contributed by atoms with E-state index in [2.05, 4.69) is 22.4 Å². The minimum Gasteiger partial charge on any atom is -0.340 e. The highest BCUT2D eigenvalue weighted by molar-refractivity contribution is 4.82. The fourth-order valence-electron chi connectivity index (χ4n) is 2.54. The van der Waals surface area contributed by atoms with Gasteiger partial charge in [-0.1, -0.05) is 37.8 Å². The summed E-state index contributed by atoms with van der Waals surface area (Å²) in [6.45, 7) is 5.97. The van der Waals surface area contributed by atoms with Gasteiger partial charge in [0.05, 0.1) is 6.54 Å². The monoisotopic (exact) mass is 237 g/mol. The van der Waals surface area contributed by atoms with Gasteiger partial charge < -0.3 is 9.84 Å². The van der Waals surface area contributed by atoms with Crippen LogP contribution >= 0.6 is 0 Å². The minimum absolute atomic E-state index is 0.642. The summed E-state index contributed by atoms with van der Waals surface area (Å²) >= 11 is 0. The molecule has 0 unspecified atom stereocenters. The fourth-order valence-corrected chi connectivity index (χ4v) is 2.54. The van der Waals surface area contributed by atoms with Crippen LogP contribution in [0.3, 0.4) is 0 Å². The van der Waals surface area contributed by atoms with Crippen molar-refractivity contribution in [2.45, 2.75) is 52.5 Å². The van der Waals surface area contributed by atoms with Gasteiger partial charge in [-0.3, -0.25) is 0 Å². The van der Waals surface area contributed by atoms with Gasteiger partial charge in [0.15, 0.2) is 5.82 Å².